The van der Waals surface area contributed by atoms with Crippen molar-refractivity contribution in [3.05, 3.63) is 42.2 Å². The van der Waals surface area contributed by atoms with Crippen molar-refractivity contribution in [2.45, 2.75) is 24.7 Å². The molecule has 1 N–H and O–H groups in total. The molecule has 202 valence electrons. The number of hydrogen-bond donors (Lipinski definition) is 1. The predicted molar refractivity (Wildman–Crippen MR) is 147 cm³/mol. The molecule has 0 atom stereocenters. The molecule has 1 aliphatic carbocycles. The highest BCUT2D eigenvalue weighted by Crippen LogP contribution is 2.58. The second-order valence-electron chi connectivity index (χ2n) is 10.2. The van der Waals surface area contributed by atoms with E-state index >= 15 is 0 Å². The molecule has 38 heavy (non-hydrogen) atoms. The number of hydrogen-bond acceptors (Lipinski definition) is 8. The first-order chi connectivity index (χ1) is 18.1. The van der Waals surface area contributed by atoms with Crippen LogP contribution in [0.1, 0.15) is 24.8 Å². The van der Waals surface area contributed by atoms with Crippen molar-refractivity contribution in [1.29, 1.82) is 0 Å². The number of amides is 1. The third-order valence-corrected chi connectivity index (χ3v) is 8.38. The zero-order valence-corrected chi connectivity index (χ0v) is 23.0. The van der Waals surface area contributed by atoms with Gasteiger partial charge in [-0.1, -0.05) is 6.07 Å². The Morgan fingerprint density at radius 1 is 1.11 bits per heavy atom. The normalized spacial score (nSPS) is 15.9. The van der Waals surface area contributed by atoms with E-state index in [0.29, 0.717) is 6.61 Å². The number of fused-ring (bicyclic) bond motifs is 4. The van der Waals surface area contributed by atoms with E-state index in [0.717, 1.165) is 59.1 Å². The summed E-state index contributed by atoms with van der Waals surface area (Å²) in [6.07, 6.45) is 5.89. The molecule has 1 amide bonds. The number of aromatic nitrogens is 2. The van der Waals surface area contributed by atoms with Crippen LogP contribution in [0.4, 0.5) is 11.4 Å². The van der Waals surface area contributed by atoms with Crippen LogP contribution in [-0.4, -0.2) is 83.0 Å². The van der Waals surface area contributed by atoms with Gasteiger partial charge in [-0.15, -0.1) is 0 Å². The summed E-state index contributed by atoms with van der Waals surface area (Å²) >= 11 is 0. The SMILES string of the molecule is COCCS(=O)(=O)Nc1cc(-c2ccc3ncc4c(c3c2)C2(CC2)C(=O)N4C)cnc1OCCCN(C)C. The highest BCUT2D eigenvalue weighted by atomic mass is 32.2. The number of pyridine rings is 2. The zero-order chi connectivity index (χ0) is 27.1. The fourth-order valence-corrected chi connectivity index (χ4v) is 5.97. The van der Waals surface area contributed by atoms with Crippen LogP contribution >= 0.6 is 0 Å². The third kappa shape index (κ3) is 4.93. The first-order valence-corrected chi connectivity index (χ1v) is 14.3. The van der Waals surface area contributed by atoms with Gasteiger partial charge in [0, 0.05) is 43.4 Å². The molecule has 1 spiro atoms. The topological polar surface area (TPSA) is 114 Å². The maximum Gasteiger partial charge on any atom is 0.238 e. The third-order valence-electron chi connectivity index (χ3n) is 7.15. The summed E-state index contributed by atoms with van der Waals surface area (Å²) in [5.74, 6) is 0.156. The Kier molecular flexibility index (Phi) is 7.01. The second-order valence-corrected chi connectivity index (χ2v) is 12.0. The lowest BCUT2D eigenvalue weighted by molar-refractivity contribution is -0.119. The van der Waals surface area contributed by atoms with Crippen LogP contribution in [0.15, 0.2) is 36.7 Å². The number of anilines is 2. The van der Waals surface area contributed by atoms with Crippen LogP contribution in [0.5, 0.6) is 5.88 Å². The molecular weight excluding hydrogens is 506 g/mol. The van der Waals surface area contributed by atoms with Crippen LogP contribution in [0.2, 0.25) is 0 Å². The predicted octanol–water partition coefficient (Wildman–Crippen LogP) is 3.02. The second kappa shape index (κ2) is 10.1. The first kappa shape index (κ1) is 26.3. The number of nitrogens with zero attached hydrogens (tertiary/aromatic N) is 4. The summed E-state index contributed by atoms with van der Waals surface area (Å²) in [5, 5.41) is 0.932. The number of benzene rings is 1. The Labute approximate surface area is 223 Å². The molecule has 3 heterocycles. The molecular formula is C27H33N5O5S. The van der Waals surface area contributed by atoms with Gasteiger partial charge in [0.15, 0.2) is 0 Å². The van der Waals surface area contributed by atoms with Crippen molar-refractivity contribution < 1.29 is 22.7 Å². The minimum Gasteiger partial charge on any atom is -0.476 e. The summed E-state index contributed by atoms with van der Waals surface area (Å²) < 4.78 is 38.8. The van der Waals surface area contributed by atoms with Crippen molar-refractivity contribution in [2.75, 3.05) is 63.4 Å². The number of carbonyl (C=O) groups excluding carboxylic acids is 1. The van der Waals surface area contributed by atoms with Gasteiger partial charge in [-0.25, -0.2) is 13.4 Å². The quantitative estimate of drug-likeness (QED) is 0.370. The number of nitrogens with one attached hydrogen (secondary N) is 1. The Morgan fingerprint density at radius 2 is 1.89 bits per heavy atom. The summed E-state index contributed by atoms with van der Waals surface area (Å²) in [6, 6.07) is 7.61. The van der Waals surface area contributed by atoms with Crippen LogP contribution in [0.3, 0.4) is 0 Å². The average Bonchev–Trinajstić information content (AvgIpc) is 3.66. The van der Waals surface area contributed by atoms with E-state index in [1.807, 2.05) is 32.3 Å². The Balaban J connectivity index is 1.52. The van der Waals surface area contributed by atoms with Crippen molar-refractivity contribution in [3.8, 4) is 17.0 Å². The van der Waals surface area contributed by atoms with Crippen LogP contribution in [0.25, 0.3) is 22.0 Å². The Morgan fingerprint density at radius 3 is 2.61 bits per heavy atom. The molecule has 1 aliphatic heterocycles. The lowest BCUT2D eigenvalue weighted by Crippen LogP contribution is -2.28. The largest absolute Gasteiger partial charge is 0.476 e. The first-order valence-electron chi connectivity index (χ1n) is 12.6. The highest BCUT2D eigenvalue weighted by molar-refractivity contribution is 7.92. The standard InChI is InChI=1S/C27H33N5O5S/c1-31(2)10-5-11-37-25-22(30-38(34,35)13-12-36-4)15-19(16-29-25)18-6-7-21-20(14-18)24-23(17-28-21)32(3)26(33)27(24)8-9-27/h6-7,14-17,30H,5,8-13H2,1-4H3. The lowest BCUT2D eigenvalue weighted by atomic mass is 9.92. The number of rotatable bonds is 11. The van der Waals surface area contributed by atoms with Crippen molar-refractivity contribution >= 4 is 38.2 Å². The van der Waals surface area contributed by atoms with Crippen LogP contribution in [-0.2, 0) is 25.0 Å². The highest BCUT2D eigenvalue weighted by Gasteiger charge is 2.59. The van der Waals surface area contributed by atoms with Gasteiger partial charge in [0.25, 0.3) is 0 Å². The molecule has 0 saturated heterocycles. The minimum absolute atomic E-state index is 0.0686. The van der Waals surface area contributed by atoms with E-state index in [4.69, 9.17) is 9.47 Å². The molecule has 0 bridgehead atoms. The van der Waals surface area contributed by atoms with E-state index in [1.54, 1.807) is 30.4 Å². The maximum atomic E-state index is 13.0. The molecule has 3 aromatic rings. The molecule has 10 nitrogen and oxygen atoms in total. The molecule has 5 rings (SSSR count). The molecule has 1 fully saturated rings. The molecule has 2 aliphatic rings. The number of ether oxygens (including phenoxy) is 2. The summed E-state index contributed by atoms with van der Waals surface area (Å²) in [5.41, 5.74) is 4.08. The van der Waals surface area contributed by atoms with Gasteiger partial charge < -0.3 is 19.3 Å². The van der Waals surface area contributed by atoms with Crippen LogP contribution < -0.4 is 14.4 Å². The zero-order valence-electron chi connectivity index (χ0n) is 22.2. The smallest absolute Gasteiger partial charge is 0.238 e. The number of sulfonamides is 1. The maximum absolute atomic E-state index is 13.0. The Bertz CT molecular complexity index is 1490. The van der Waals surface area contributed by atoms with E-state index in [1.165, 1.54) is 7.11 Å². The fraction of sp³-hybridized carbons (Fsp3) is 0.444. The molecule has 1 saturated carbocycles. The van der Waals surface area contributed by atoms with Gasteiger partial charge in [-0.05, 0) is 57.1 Å². The Hall–Kier alpha value is -3.28. The molecule has 11 heteroatoms. The van der Waals surface area contributed by atoms with E-state index < -0.39 is 15.4 Å². The van der Waals surface area contributed by atoms with E-state index in [2.05, 4.69) is 19.6 Å². The average molecular weight is 540 g/mol. The monoisotopic (exact) mass is 539 g/mol. The number of carbonyl (C=O) groups is 1. The van der Waals surface area contributed by atoms with E-state index in [9.17, 15) is 13.2 Å². The van der Waals surface area contributed by atoms with Crippen molar-refractivity contribution in [2.24, 2.45) is 0 Å². The number of methoxy groups -OCH3 is 1. The van der Waals surface area contributed by atoms with Gasteiger partial charge in [-0.3, -0.25) is 14.5 Å². The molecule has 0 unspecified atom stereocenters. The van der Waals surface area contributed by atoms with Crippen molar-refractivity contribution in [3.63, 3.8) is 0 Å². The van der Waals surface area contributed by atoms with Gasteiger partial charge in [0.1, 0.15) is 5.69 Å². The number of likely N-dealkylation sites (N-methyl/N-ethyl adjacent to an activating group) is 1. The van der Waals surface area contributed by atoms with Gasteiger partial charge >= 0.3 is 0 Å². The van der Waals surface area contributed by atoms with Crippen LogP contribution in [0, 0.1) is 0 Å². The van der Waals surface area contributed by atoms with Gasteiger partial charge in [0.2, 0.25) is 21.8 Å². The molecule has 2 aromatic heterocycles. The molecule has 0 radical (unpaired) electrons. The van der Waals surface area contributed by atoms with Gasteiger partial charge in [-0.2, -0.15) is 0 Å². The fourth-order valence-electron chi connectivity index (χ4n) is 5.00. The minimum atomic E-state index is -3.68. The lowest BCUT2D eigenvalue weighted by Gasteiger charge is -2.16. The summed E-state index contributed by atoms with van der Waals surface area (Å²) in [6.45, 7) is 1.30. The van der Waals surface area contributed by atoms with E-state index in [-0.39, 0.29) is 29.8 Å². The summed E-state index contributed by atoms with van der Waals surface area (Å²) in [7, 11) is 3.54. The molecule has 1 aromatic carbocycles. The van der Waals surface area contributed by atoms with Gasteiger partial charge in [0.05, 0.1) is 41.8 Å². The summed E-state index contributed by atoms with van der Waals surface area (Å²) in [4.78, 5) is 25.8. The van der Waals surface area contributed by atoms with Crippen molar-refractivity contribution in [1.82, 2.24) is 14.9 Å².